The van der Waals surface area contributed by atoms with E-state index in [-0.39, 0.29) is 5.75 Å². The fourth-order valence-electron chi connectivity index (χ4n) is 2.38. The molecule has 1 aliphatic heterocycles. The van der Waals surface area contributed by atoms with Gasteiger partial charge in [0.2, 0.25) is 0 Å². The van der Waals surface area contributed by atoms with Crippen LogP contribution in [-0.4, -0.2) is 11.7 Å². The van der Waals surface area contributed by atoms with Crippen LogP contribution in [0.4, 0.5) is 5.69 Å². The van der Waals surface area contributed by atoms with Crippen molar-refractivity contribution in [2.75, 3.05) is 6.61 Å². The van der Waals surface area contributed by atoms with Crippen molar-refractivity contribution < 1.29 is 9.84 Å². The van der Waals surface area contributed by atoms with Crippen LogP contribution in [0.25, 0.3) is 16.0 Å². The molecule has 1 heterocycles. The molecule has 0 radical (unpaired) electrons. The summed E-state index contributed by atoms with van der Waals surface area (Å²) < 4.78 is 5.55. The minimum Gasteiger partial charge on any atom is -0.508 e. The standard InChI is InChI=1S/C16H13NO2/c1-10-3-4-11(7-15(10)18)14-8-12(17-2)9-16-13(14)5-6-19-16/h3-4,7-9,18H,5-6H2,1H3. The lowest BCUT2D eigenvalue weighted by Gasteiger charge is -2.10. The number of fused-ring (bicyclic) bond motifs is 1. The molecule has 0 unspecified atom stereocenters. The Morgan fingerprint density at radius 1 is 1.26 bits per heavy atom. The highest BCUT2D eigenvalue weighted by atomic mass is 16.5. The van der Waals surface area contributed by atoms with E-state index in [0.29, 0.717) is 12.3 Å². The Hall–Kier alpha value is -2.47. The van der Waals surface area contributed by atoms with Crippen molar-refractivity contribution in [2.24, 2.45) is 0 Å². The number of phenolic OH excluding ortho intramolecular Hbond substituents is 1. The summed E-state index contributed by atoms with van der Waals surface area (Å²) in [5.41, 5.74) is 4.44. The number of aryl methyl sites for hydroxylation is 1. The first-order valence-electron chi connectivity index (χ1n) is 6.16. The summed E-state index contributed by atoms with van der Waals surface area (Å²) in [5.74, 6) is 1.07. The molecule has 0 saturated carbocycles. The second-order valence-electron chi connectivity index (χ2n) is 4.68. The quantitative estimate of drug-likeness (QED) is 0.781. The zero-order valence-electron chi connectivity index (χ0n) is 10.6. The molecule has 94 valence electrons. The topological polar surface area (TPSA) is 33.8 Å². The molecule has 3 nitrogen and oxygen atoms in total. The fraction of sp³-hybridized carbons (Fsp3) is 0.188. The third-order valence-corrected chi connectivity index (χ3v) is 3.45. The monoisotopic (exact) mass is 251 g/mol. The Morgan fingerprint density at radius 2 is 2.11 bits per heavy atom. The summed E-state index contributed by atoms with van der Waals surface area (Å²) in [4.78, 5) is 3.48. The van der Waals surface area contributed by atoms with E-state index in [4.69, 9.17) is 11.3 Å². The molecule has 0 amide bonds. The molecule has 3 heteroatoms. The first-order chi connectivity index (χ1) is 9.19. The van der Waals surface area contributed by atoms with Crippen molar-refractivity contribution >= 4 is 5.69 Å². The Kier molecular flexibility index (Phi) is 2.64. The van der Waals surface area contributed by atoms with Crippen molar-refractivity contribution in [3.8, 4) is 22.6 Å². The number of ether oxygens (including phenoxy) is 1. The molecular weight excluding hydrogens is 238 g/mol. The van der Waals surface area contributed by atoms with E-state index in [1.807, 2.05) is 25.1 Å². The minimum absolute atomic E-state index is 0.276. The van der Waals surface area contributed by atoms with Gasteiger partial charge in [-0.3, -0.25) is 0 Å². The van der Waals surface area contributed by atoms with Crippen molar-refractivity contribution in [3.05, 3.63) is 52.9 Å². The molecule has 0 aliphatic carbocycles. The Morgan fingerprint density at radius 3 is 2.84 bits per heavy atom. The van der Waals surface area contributed by atoms with Crippen LogP contribution in [0.3, 0.4) is 0 Å². The van der Waals surface area contributed by atoms with Crippen LogP contribution >= 0.6 is 0 Å². The molecule has 1 N–H and O–H groups in total. The maximum Gasteiger partial charge on any atom is 0.191 e. The highest BCUT2D eigenvalue weighted by molar-refractivity contribution is 5.77. The maximum absolute atomic E-state index is 9.84. The van der Waals surface area contributed by atoms with Crippen LogP contribution in [0.5, 0.6) is 11.5 Å². The number of aromatic hydroxyl groups is 1. The summed E-state index contributed by atoms with van der Waals surface area (Å²) in [6.45, 7) is 9.68. The van der Waals surface area contributed by atoms with E-state index in [9.17, 15) is 5.11 Å². The second-order valence-corrected chi connectivity index (χ2v) is 4.68. The molecule has 0 fully saturated rings. The zero-order chi connectivity index (χ0) is 13.4. The van der Waals surface area contributed by atoms with Gasteiger partial charge in [0.25, 0.3) is 0 Å². The third-order valence-electron chi connectivity index (χ3n) is 3.45. The van der Waals surface area contributed by atoms with E-state index in [1.54, 1.807) is 12.1 Å². The average molecular weight is 251 g/mol. The summed E-state index contributed by atoms with van der Waals surface area (Å²) in [7, 11) is 0. The van der Waals surface area contributed by atoms with E-state index in [0.717, 1.165) is 34.4 Å². The van der Waals surface area contributed by atoms with Crippen LogP contribution in [0.15, 0.2) is 30.3 Å². The Balaban J connectivity index is 2.22. The Bertz CT molecular complexity index is 699. The van der Waals surface area contributed by atoms with Gasteiger partial charge in [-0.05, 0) is 41.8 Å². The molecule has 0 aromatic heterocycles. The molecule has 0 saturated heterocycles. The lowest BCUT2D eigenvalue weighted by atomic mass is 9.96. The van der Waals surface area contributed by atoms with Gasteiger partial charge in [0.15, 0.2) is 5.69 Å². The van der Waals surface area contributed by atoms with Crippen LogP contribution in [0, 0.1) is 13.5 Å². The normalized spacial score (nSPS) is 12.6. The fourth-order valence-corrected chi connectivity index (χ4v) is 2.38. The first-order valence-corrected chi connectivity index (χ1v) is 6.16. The number of nitrogens with zero attached hydrogens (tertiary/aromatic N) is 1. The van der Waals surface area contributed by atoms with E-state index in [1.165, 1.54) is 0 Å². The Labute approximate surface area is 111 Å². The van der Waals surface area contributed by atoms with E-state index < -0.39 is 0 Å². The van der Waals surface area contributed by atoms with Gasteiger partial charge in [-0.1, -0.05) is 12.1 Å². The van der Waals surface area contributed by atoms with Crippen LogP contribution in [-0.2, 0) is 6.42 Å². The third kappa shape index (κ3) is 1.92. The van der Waals surface area contributed by atoms with Gasteiger partial charge in [-0.25, -0.2) is 4.85 Å². The van der Waals surface area contributed by atoms with E-state index >= 15 is 0 Å². The maximum atomic E-state index is 9.84. The molecule has 0 bridgehead atoms. The van der Waals surface area contributed by atoms with Crippen molar-refractivity contribution in [3.63, 3.8) is 0 Å². The lowest BCUT2D eigenvalue weighted by molar-refractivity contribution is 0.357. The number of benzene rings is 2. The minimum atomic E-state index is 0.276. The van der Waals surface area contributed by atoms with Crippen LogP contribution in [0.1, 0.15) is 11.1 Å². The summed E-state index contributed by atoms with van der Waals surface area (Å²) in [6.07, 6.45) is 0.845. The predicted octanol–water partition coefficient (Wildman–Crippen LogP) is 3.85. The van der Waals surface area contributed by atoms with Crippen molar-refractivity contribution in [1.29, 1.82) is 0 Å². The molecule has 2 aromatic rings. The van der Waals surface area contributed by atoms with E-state index in [2.05, 4.69) is 4.85 Å². The highest BCUT2D eigenvalue weighted by Crippen LogP contribution is 2.39. The van der Waals surface area contributed by atoms with Gasteiger partial charge in [-0.15, -0.1) is 0 Å². The number of hydrogen-bond acceptors (Lipinski definition) is 2. The van der Waals surface area contributed by atoms with Crippen molar-refractivity contribution in [1.82, 2.24) is 0 Å². The van der Waals surface area contributed by atoms with Gasteiger partial charge in [0.05, 0.1) is 13.2 Å². The summed E-state index contributed by atoms with van der Waals surface area (Å²) in [6, 6.07) is 9.25. The number of rotatable bonds is 1. The van der Waals surface area contributed by atoms with Gasteiger partial charge in [0, 0.05) is 12.0 Å². The highest BCUT2D eigenvalue weighted by Gasteiger charge is 2.18. The molecule has 0 spiro atoms. The first kappa shape index (κ1) is 11.6. The molecule has 1 aliphatic rings. The smallest absolute Gasteiger partial charge is 0.191 e. The summed E-state index contributed by atoms with van der Waals surface area (Å²) in [5, 5.41) is 9.84. The van der Waals surface area contributed by atoms with Gasteiger partial charge in [0.1, 0.15) is 11.5 Å². The molecular formula is C16H13NO2. The molecule has 0 atom stereocenters. The SMILES string of the molecule is [C-]#[N+]c1cc2c(c(-c3ccc(C)c(O)c3)c1)CCO2. The average Bonchev–Trinajstić information content (AvgIpc) is 2.89. The molecule has 2 aromatic carbocycles. The predicted molar refractivity (Wildman–Crippen MR) is 73.7 cm³/mol. The van der Waals surface area contributed by atoms with Crippen LogP contribution in [0.2, 0.25) is 0 Å². The van der Waals surface area contributed by atoms with Gasteiger partial charge >= 0.3 is 0 Å². The molecule has 19 heavy (non-hydrogen) atoms. The van der Waals surface area contributed by atoms with Gasteiger partial charge < -0.3 is 9.84 Å². The van der Waals surface area contributed by atoms with Gasteiger partial charge in [-0.2, -0.15) is 0 Å². The largest absolute Gasteiger partial charge is 0.508 e. The zero-order valence-corrected chi connectivity index (χ0v) is 10.6. The second kappa shape index (κ2) is 4.33. The number of phenols is 1. The van der Waals surface area contributed by atoms with Crippen molar-refractivity contribution in [2.45, 2.75) is 13.3 Å². The lowest BCUT2D eigenvalue weighted by Crippen LogP contribution is -1.87. The number of hydrogen-bond donors (Lipinski definition) is 1. The summed E-state index contributed by atoms with van der Waals surface area (Å²) >= 11 is 0. The molecule has 3 rings (SSSR count). The van der Waals surface area contributed by atoms with Crippen LogP contribution < -0.4 is 4.74 Å².